The molecule has 6 nitrogen and oxygen atoms in total. The van der Waals surface area contributed by atoms with Gasteiger partial charge in [0.05, 0.1) is 16.8 Å². The van der Waals surface area contributed by atoms with Gasteiger partial charge in [-0.05, 0) is 17.7 Å². The molecule has 90 valence electrons. The number of aromatic nitrogens is 2. The Labute approximate surface area is 102 Å². The number of nitrogens with two attached hydrogens (primary N) is 1. The molecule has 0 aliphatic rings. The van der Waals surface area contributed by atoms with Crippen molar-refractivity contribution in [3.05, 3.63) is 29.6 Å². The Morgan fingerprint density at radius 2 is 2.41 bits per heavy atom. The lowest BCUT2D eigenvalue weighted by Gasteiger charge is -1.96. The van der Waals surface area contributed by atoms with E-state index in [0.717, 1.165) is 22.4 Å². The third-order valence-electron chi connectivity index (χ3n) is 2.19. The van der Waals surface area contributed by atoms with E-state index < -0.39 is 0 Å². The maximum absolute atomic E-state index is 8.38. The maximum atomic E-state index is 8.38. The summed E-state index contributed by atoms with van der Waals surface area (Å²) >= 11 is 1.22. The zero-order chi connectivity index (χ0) is 12.3. The Kier molecular flexibility index (Phi) is 3.62. The number of nitrogens with zero attached hydrogens (tertiary/aromatic N) is 1. The minimum absolute atomic E-state index is 0.0693. The van der Waals surface area contributed by atoms with Crippen LogP contribution in [0.3, 0.4) is 0 Å². The highest BCUT2D eigenvalue weighted by Crippen LogP contribution is 2.17. The van der Waals surface area contributed by atoms with Crippen molar-refractivity contribution in [3.63, 3.8) is 0 Å². The molecule has 0 saturated heterocycles. The van der Waals surface area contributed by atoms with Crippen molar-refractivity contribution in [1.82, 2.24) is 9.97 Å². The minimum Gasteiger partial charge on any atom is -0.379 e. The predicted octanol–water partition coefficient (Wildman–Crippen LogP) is 1.68. The van der Waals surface area contributed by atoms with Crippen molar-refractivity contribution in [3.8, 4) is 0 Å². The lowest BCUT2D eigenvalue weighted by molar-refractivity contribution is -0.252. The summed E-state index contributed by atoms with van der Waals surface area (Å²) in [5.74, 6) is 1.30. The van der Waals surface area contributed by atoms with Gasteiger partial charge < -0.3 is 10.7 Å². The van der Waals surface area contributed by atoms with E-state index in [1.54, 1.807) is 0 Å². The van der Waals surface area contributed by atoms with Gasteiger partial charge in [-0.2, -0.15) is 0 Å². The first-order valence-corrected chi connectivity index (χ1v) is 5.88. The van der Waals surface area contributed by atoms with Gasteiger partial charge >= 0.3 is 0 Å². The molecular weight excluding hydrogens is 240 g/mol. The standard InChI is InChI=1S/C10H12N4O2S/c11-10(12)17-5-9-13-7-2-1-6(4-16-15)3-8(7)14-9/h1-3,15H,4-5H2,(H3,11,12)(H,13,14). The SMILES string of the molecule is N=C(N)SCc1nc2ccc(COO)cc2[nH]1. The van der Waals surface area contributed by atoms with Crippen LogP contribution >= 0.6 is 11.8 Å². The Hall–Kier alpha value is -1.57. The van der Waals surface area contributed by atoms with Crippen LogP contribution < -0.4 is 5.73 Å². The average Bonchev–Trinajstić information content (AvgIpc) is 2.69. The number of benzene rings is 1. The van der Waals surface area contributed by atoms with E-state index in [4.69, 9.17) is 16.4 Å². The van der Waals surface area contributed by atoms with Gasteiger partial charge in [0.2, 0.25) is 0 Å². The quantitative estimate of drug-likeness (QED) is 0.286. The summed E-state index contributed by atoms with van der Waals surface area (Å²) in [6.07, 6.45) is 0. The number of fused-ring (bicyclic) bond motifs is 1. The Bertz CT molecular complexity index is 540. The number of rotatable bonds is 4. The third kappa shape index (κ3) is 2.96. The fraction of sp³-hybridized carbons (Fsp3) is 0.200. The first-order valence-electron chi connectivity index (χ1n) is 4.90. The summed E-state index contributed by atoms with van der Waals surface area (Å²) in [7, 11) is 0. The zero-order valence-electron chi connectivity index (χ0n) is 8.93. The fourth-order valence-corrected chi connectivity index (χ4v) is 1.92. The molecule has 5 N–H and O–H groups in total. The van der Waals surface area contributed by atoms with Crippen molar-refractivity contribution in [2.45, 2.75) is 12.4 Å². The summed E-state index contributed by atoms with van der Waals surface area (Å²) in [6.45, 7) is 0.145. The molecule has 7 heteroatoms. The maximum Gasteiger partial charge on any atom is 0.151 e. The van der Waals surface area contributed by atoms with Gasteiger partial charge in [0.15, 0.2) is 5.17 Å². The molecule has 0 unspecified atom stereocenters. The van der Waals surface area contributed by atoms with Crippen molar-refractivity contribution in [1.29, 1.82) is 5.41 Å². The van der Waals surface area contributed by atoms with Gasteiger partial charge in [-0.1, -0.05) is 17.8 Å². The fourth-order valence-electron chi connectivity index (χ4n) is 1.49. The van der Waals surface area contributed by atoms with Crippen molar-refractivity contribution < 1.29 is 10.1 Å². The van der Waals surface area contributed by atoms with Gasteiger partial charge in [-0.25, -0.2) is 9.87 Å². The number of hydrogen-bond acceptors (Lipinski definition) is 5. The number of nitrogens with one attached hydrogen (secondary N) is 2. The van der Waals surface area contributed by atoms with Crippen LogP contribution in [-0.2, 0) is 17.2 Å². The zero-order valence-corrected chi connectivity index (χ0v) is 9.75. The summed E-state index contributed by atoms with van der Waals surface area (Å²) in [4.78, 5) is 11.6. The van der Waals surface area contributed by atoms with Crippen LogP contribution in [0.2, 0.25) is 0 Å². The normalized spacial score (nSPS) is 10.9. The molecule has 17 heavy (non-hydrogen) atoms. The van der Waals surface area contributed by atoms with Gasteiger partial charge in [-0.15, -0.1) is 0 Å². The third-order valence-corrected chi connectivity index (χ3v) is 2.92. The molecule has 0 aliphatic carbocycles. The number of thioether (sulfide) groups is 1. The largest absolute Gasteiger partial charge is 0.379 e. The highest BCUT2D eigenvalue weighted by molar-refractivity contribution is 8.13. The highest BCUT2D eigenvalue weighted by Gasteiger charge is 2.04. The van der Waals surface area contributed by atoms with Crippen LogP contribution in [0, 0.1) is 5.41 Å². The first-order chi connectivity index (χ1) is 8.19. The Balaban J connectivity index is 2.21. The number of aromatic amines is 1. The van der Waals surface area contributed by atoms with Crippen LogP contribution in [0.25, 0.3) is 11.0 Å². The van der Waals surface area contributed by atoms with E-state index in [1.165, 1.54) is 11.8 Å². The topological polar surface area (TPSA) is 108 Å². The highest BCUT2D eigenvalue weighted by atomic mass is 32.2. The average molecular weight is 252 g/mol. The van der Waals surface area contributed by atoms with Gasteiger partial charge in [0, 0.05) is 0 Å². The monoisotopic (exact) mass is 252 g/mol. The molecule has 0 amide bonds. The van der Waals surface area contributed by atoms with E-state index in [-0.39, 0.29) is 11.8 Å². The van der Waals surface area contributed by atoms with E-state index in [2.05, 4.69) is 14.9 Å². The molecule has 0 aliphatic heterocycles. The van der Waals surface area contributed by atoms with Crippen LogP contribution in [0.4, 0.5) is 0 Å². The summed E-state index contributed by atoms with van der Waals surface area (Å²) < 4.78 is 0. The predicted molar refractivity (Wildman–Crippen MR) is 66.7 cm³/mol. The number of H-pyrrole nitrogens is 1. The second-order valence-corrected chi connectivity index (χ2v) is 4.48. The molecule has 0 atom stereocenters. The van der Waals surface area contributed by atoms with E-state index >= 15 is 0 Å². The smallest absolute Gasteiger partial charge is 0.151 e. The lowest BCUT2D eigenvalue weighted by Crippen LogP contribution is -2.04. The molecular formula is C10H12N4O2S. The number of amidine groups is 1. The van der Waals surface area contributed by atoms with Crippen molar-refractivity contribution in [2.75, 3.05) is 0 Å². The molecule has 1 heterocycles. The van der Waals surface area contributed by atoms with Crippen LogP contribution in [0.5, 0.6) is 0 Å². The van der Waals surface area contributed by atoms with E-state index in [9.17, 15) is 0 Å². The first kappa shape index (κ1) is 11.9. The second kappa shape index (κ2) is 5.17. The molecule has 0 fully saturated rings. The Morgan fingerprint density at radius 3 is 3.12 bits per heavy atom. The molecule has 1 aromatic heterocycles. The van der Waals surface area contributed by atoms with E-state index in [0.29, 0.717) is 5.75 Å². The minimum atomic E-state index is 0.0693. The molecule has 0 bridgehead atoms. The molecule has 0 radical (unpaired) electrons. The summed E-state index contributed by atoms with van der Waals surface area (Å²) in [5, 5.41) is 15.6. The van der Waals surface area contributed by atoms with Crippen LogP contribution in [0.1, 0.15) is 11.4 Å². The summed E-state index contributed by atoms with van der Waals surface area (Å²) in [6, 6.07) is 5.55. The lowest BCUT2D eigenvalue weighted by atomic mass is 10.2. The van der Waals surface area contributed by atoms with Crippen LogP contribution in [-0.4, -0.2) is 20.4 Å². The molecule has 2 aromatic rings. The Morgan fingerprint density at radius 1 is 1.59 bits per heavy atom. The second-order valence-electron chi connectivity index (χ2n) is 3.46. The van der Waals surface area contributed by atoms with Gasteiger partial charge in [0.25, 0.3) is 0 Å². The molecule has 0 saturated carbocycles. The number of imidazole rings is 1. The van der Waals surface area contributed by atoms with Gasteiger partial charge in [-0.3, -0.25) is 10.7 Å². The molecule has 0 spiro atoms. The summed E-state index contributed by atoms with van der Waals surface area (Å²) in [5.41, 5.74) is 7.83. The molecule has 1 aromatic carbocycles. The van der Waals surface area contributed by atoms with Crippen molar-refractivity contribution >= 4 is 28.0 Å². The van der Waals surface area contributed by atoms with Crippen LogP contribution in [0.15, 0.2) is 18.2 Å². The van der Waals surface area contributed by atoms with Crippen molar-refractivity contribution in [2.24, 2.45) is 5.73 Å². The van der Waals surface area contributed by atoms with E-state index in [1.807, 2.05) is 18.2 Å². The number of hydrogen-bond donors (Lipinski definition) is 4. The molecule has 2 rings (SSSR count). The van der Waals surface area contributed by atoms with Gasteiger partial charge in [0.1, 0.15) is 12.4 Å².